The Labute approximate surface area is 200 Å². The number of nitrogens with zero attached hydrogens (tertiary/aromatic N) is 2. The molecule has 5 rings (SSSR count). The fourth-order valence-corrected chi connectivity index (χ4v) is 5.25. The van der Waals surface area contributed by atoms with E-state index in [1.807, 2.05) is 25.1 Å². The normalized spacial score (nSPS) is 18.4. The maximum absolute atomic E-state index is 11.6. The summed E-state index contributed by atoms with van der Waals surface area (Å²) in [6.07, 6.45) is 5.21. The van der Waals surface area contributed by atoms with Gasteiger partial charge in [-0.25, -0.2) is 0 Å². The van der Waals surface area contributed by atoms with Crippen LogP contribution in [0.25, 0.3) is 22.2 Å². The van der Waals surface area contributed by atoms with Crippen LogP contribution in [0, 0.1) is 0 Å². The number of ether oxygens (including phenoxy) is 1. The number of halogens is 1. The number of carbonyl (C=O) groups is 1. The van der Waals surface area contributed by atoms with Crippen LogP contribution in [0.4, 0.5) is 0 Å². The lowest BCUT2D eigenvalue weighted by molar-refractivity contribution is -0.119. The van der Waals surface area contributed by atoms with Gasteiger partial charge in [0, 0.05) is 60.3 Å². The largest absolute Gasteiger partial charge is 0.490 e. The number of hydrogen-bond acceptors (Lipinski definition) is 3. The molecule has 0 radical (unpaired) electrons. The second kappa shape index (κ2) is 9.40. The molecule has 5 nitrogen and oxygen atoms in total. The molecule has 2 fully saturated rings. The first-order valence-electron chi connectivity index (χ1n) is 12.0. The Morgan fingerprint density at radius 2 is 1.91 bits per heavy atom. The van der Waals surface area contributed by atoms with Crippen molar-refractivity contribution in [3.63, 3.8) is 0 Å². The van der Waals surface area contributed by atoms with E-state index in [0.717, 1.165) is 59.9 Å². The second-order valence-corrected chi connectivity index (χ2v) is 9.99. The van der Waals surface area contributed by atoms with E-state index in [-0.39, 0.29) is 18.1 Å². The summed E-state index contributed by atoms with van der Waals surface area (Å²) in [5, 5.41) is 4.84. The predicted octanol–water partition coefficient (Wildman–Crippen LogP) is 5.49. The highest BCUT2D eigenvalue weighted by molar-refractivity contribution is 6.30. The molecule has 1 saturated heterocycles. The lowest BCUT2D eigenvalue weighted by Crippen LogP contribution is -2.39. The third-order valence-corrected chi connectivity index (χ3v) is 6.98. The predicted molar refractivity (Wildman–Crippen MR) is 134 cm³/mol. The monoisotopic (exact) mass is 465 g/mol. The number of likely N-dealkylation sites (tertiary alicyclic amines) is 1. The minimum atomic E-state index is -0.0216. The molecule has 2 heterocycles. The van der Waals surface area contributed by atoms with Crippen molar-refractivity contribution >= 4 is 28.4 Å². The summed E-state index contributed by atoms with van der Waals surface area (Å²) >= 11 is 6.30. The summed E-state index contributed by atoms with van der Waals surface area (Å²) in [5.41, 5.74) is 3.27. The number of amides is 1. The van der Waals surface area contributed by atoms with Crippen molar-refractivity contribution < 1.29 is 9.53 Å². The lowest BCUT2D eigenvalue weighted by Gasteiger charge is -2.32. The van der Waals surface area contributed by atoms with Crippen LogP contribution in [-0.4, -0.2) is 46.7 Å². The molecule has 1 aliphatic heterocycles. The number of benzene rings is 2. The Hall–Kier alpha value is -2.50. The number of rotatable bonds is 7. The van der Waals surface area contributed by atoms with Crippen LogP contribution in [0.15, 0.2) is 48.5 Å². The molecule has 33 heavy (non-hydrogen) atoms. The van der Waals surface area contributed by atoms with Gasteiger partial charge in [0.15, 0.2) is 0 Å². The number of aromatic nitrogens is 1. The number of hydrogen-bond donors (Lipinski definition) is 1. The molecule has 2 aliphatic rings. The first-order chi connectivity index (χ1) is 16.0. The van der Waals surface area contributed by atoms with Crippen LogP contribution in [0.1, 0.15) is 39.5 Å². The number of carbonyl (C=O) groups excluding carboxylic acids is 1. The van der Waals surface area contributed by atoms with Gasteiger partial charge >= 0.3 is 0 Å². The van der Waals surface area contributed by atoms with E-state index in [4.69, 9.17) is 16.3 Å². The zero-order valence-electron chi connectivity index (χ0n) is 19.4. The smallest absolute Gasteiger partial charge is 0.217 e. The summed E-state index contributed by atoms with van der Waals surface area (Å²) in [6, 6.07) is 17.3. The molecule has 2 aromatic carbocycles. The van der Waals surface area contributed by atoms with E-state index in [0.29, 0.717) is 11.6 Å². The molecule has 0 spiro atoms. The highest BCUT2D eigenvalue weighted by Crippen LogP contribution is 2.34. The molecule has 1 aliphatic carbocycles. The van der Waals surface area contributed by atoms with E-state index < -0.39 is 0 Å². The molecule has 0 bridgehead atoms. The Morgan fingerprint density at radius 3 is 2.61 bits per heavy atom. The van der Waals surface area contributed by atoms with Gasteiger partial charge < -0.3 is 19.5 Å². The average Bonchev–Trinajstić information content (AvgIpc) is 3.57. The highest BCUT2D eigenvalue weighted by Gasteiger charge is 2.32. The third-order valence-electron chi connectivity index (χ3n) is 6.74. The van der Waals surface area contributed by atoms with Crippen molar-refractivity contribution in [2.45, 2.75) is 64.3 Å². The zero-order valence-corrected chi connectivity index (χ0v) is 20.1. The van der Waals surface area contributed by atoms with E-state index in [2.05, 4.69) is 45.1 Å². The van der Waals surface area contributed by atoms with Gasteiger partial charge in [-0.05, 0) is 74.6 Å². The maximum Gasteiger partial charge on any atom is 0.217 e. The van der Waals surface area contributed by atoms with Crippen molar-refractivity contribution in [2.24, 2.45) is 0 Å². The Morgan fingerprint density at radius 1 is 1.12 bits per heavy atom. The molecule has 1 aromatic heterocycles. The Balaban J connectivity index is 1.41. The van der Waals surface area contributed by atoms with Crippen LogP contribution in [-0.2, 0) is 11.3 Å². The highest BCUT2D eigenvalue weighted by atomic mass is 35.5. The quantitative estimate of drug-likeness (QED) is 0.501. The van der Waals surface area contributed by atoms with E-state index in [9.17, 15) is 4.79 Å². The third kappa shape index (κ3) is 5.20. The molecule has 1 N–H and O–H groups in total. The second-order valence-electron chi connectivity index (χ2n) is 9.56. The van der Waals surface area contributed by atoms with E-state index in [1.54, 1.807) is 6.92 Å². The van der Waals surface area contributed by atoms with Crippen LogP contribution >= 0.6 is 11.6 Å². The molecule has 174 valence electrons. The number of nitrogens with one attached hydrogen (secondary N) is 1. The molecule has 1 saturated carbocycles. The van der Waals surface area contributed by atoms with Gasteiger partial charge in [0.2, 0.25) is 5.91 Å². The molecule has 1 atom stereocenters. The number of fused-ring (bicyclic) bond motifs is 1. The minimum Gasteiger partial charge on any atom is -0.490 e. The lowest BCUT2D eigenvalue weighted by atomic mass is 10.1. The number of piperidine rings is 1. The minimum absolute atomic E-state index is 0.00335. The van der Waals surface area contributed by atoms with Gasteiger partial charge in [-0.3, -0.25) is 4.79 Å². The van der Waals surface area contributed by atoms with Crippen LogP contribution in [0.5, 0.6) is 5.75 Å². The molecule has 3 aromatic rings. The van der Waals surface area contributed by atoms with Crippen molar-refractivity contribution in [3.8, 4) is 17.0 Å². The fraction of sp³-hybridized carbons (Fsp3) is 0.444. The summed E-state index contributed by atoms with van der Waals surface area (Å²) in [4.78, 5) is 14.2. The van der Waals surface area contributed by atoms with E-state index in [1.165, 1.54) is 12.8 Å². The average molecular weight is 466 g/mol. The summed E-state index contributed by atoms with van der Waals surface area (Å²) in [7, 11) is 0. The standard InChI is InChI=1S/C27H32ClN3O2/c1-18(29-19(2)32)17-31-26-9-8-25(33-24-10-12-30(13-11-24)23-6-7-23)15-21(26)16-27(31)20-4-3-5-22(28)14-20/h3-5,8-9,14-16,18,23-24H,6-7,10-13,17H2,1-2H3,(H,29,32). The Bertz CT molecular complexity index is 1150. The molecule has 1 unspecified atom stereocenters. The SMILES string of the molecule is CC(=O)NC(C)Cn1c(-c2cccc(Cl)c2)cc2cc(OC3CCN(C4CC4)CC3)ccc21. The van der Waals surface area contributed by atoms with Gasteiger partial charge in [0.25, 0.3) is 0 Å². The molecular formula is C27H32ClN3O2. The summed E-state index contributed by atoms with van der Waals surface area (Å²) in [6.45, 7) is 6.55. The van der Waals surface area contributed by atoms with Crippen LogP contribution in [0.2, 0.25) is 5.02 Å². The van der Waals surface area contributed by atoms with E-state index >= 15 is 0 Å². The maximum atomic E-state index is 11.6. The first-order valence-corrected chi connectivity index (χ1v) is 12.4. The first kappa shape index (κ1) is 22.3. The zero-order chi connectivity index (χ0) is 22.9. The summed E-state index contributed by atoms with van der Waals surface area (Å²) < 4.78 is 8.67. The van der Waals surface area contributed by atoms with Crippen molar-refractivity contribution in [1.29, 1.82) is 0 Å². The van der Waals surface area contributed by atoms with Crippen molar-refractivity contribution in [2.75, 3.05) is 13.1 Å². The van der Waals surface area contributed by atoms with Gasteiger partial charge in [-0.1, -0.05) is 23.7 Å². The van der Waals surface area contributed by atoms with Crippen LogP contribution in [0.3, 0.4) is 0 Å². The van der Waals surface area contributed by atoms with Gasteiger partial charge in [0.05, 0.1) is 0 Å². The topological polar surface area (TPSA) is 46.5 Å². The van der Waals surface area contributed by atoms with Crippen molar-refractivity contribution in [1.82, 2.24) is 14.8 Å². The summed E-state index contributed by atoms with van der Waals surface area (Å²) in [5.74, 6) is 0.906. The van der Waals surface area contributed by atoms with Crippen LogP contribution < -0.4 is 10.1 Å². The van der Waals surface area contributed by atoms with Gasteiger partial charge in [-0.2, -0.15) is 0 Å². The Kier molecular flexibility index (Phi) is 6.35. The molecule has 1 amide bonds. The van der Waals surface area contributed by atoms with Gasteiger partial charge in [0.1, 0.15) is 11.9 Å². The molecular weight excluding hydrogens is 434 g/mol. The van der Waals surface area contributed by atoms with Crippen molar-refractivity contribution in [3.05, 3.63) is 53.6 Å². The molecule has 6 heteroatoms. The van der Waals surface area contributed by atoms with Gasteiger partial charge in [-0.15, -0.1) is 0 Å². The fourth-order valence-electron chi connectivity index (χ4n) is 5.06.